The topological polar surface area (TPSA) is 55.4 Å². The highest BCUT2D eigenvalue weighted by Gasteiger charge is 2.17. The Kier molecular flexibility index (Phi) is 4.94. The highest BCUT2D eigenvalue weighted by atomic mass is 32.2. The summed E-state index contributed by atoms with van der Waals surface area (Å²) in [6.45, 7) is 0.262. The molecule has 0 aliphatic carbocycles. The van der Waals surface area contributed by atoms with E-state index in [9.17, 15) is 8.42 Å². The Morgan fingerprint density at radius 3 is 2.70 bits per heavy atom. The zero-order valence-electron chi connectivity index (χ0n) is 12.9. The highest BCUT2D eigenvalue weighted by Crippen LogP contribution is 2.31. The molecule has 2 aromatic carbocycles. The number of rotatable bonds is 5. The number of fused-ring (bicyclic) bond motifs is 1. The van der Waals surface area contributed by atoms with Gasteiger partial charge in [0.15, 0.2) is 0 Å². The summed E-state index contributed by atoms with van der Waals surface area (Å²) in [5, 5.41) is 0. The van der Waals surface area contributed by atoms with Gasteiger partial charge in [0, 0.05) is 11.4 Å². The van der Waals surface area contributed by atoms with Crippen LogP contribution in [0.5, 0.6) is 5.75 Å². The molecule has 3 rings (SSSR count). The minimum Gasteiger partial charge on any atom is -0.497 e. The van der Waals surface area contributed by atoms with E-state index in [4.69, 9.17) is 4.74 Å². The summed E-state index contributed by atoms with van der Waals surface area (Å²) in [4.78, 5) is 1.54. The minimum absolute atomic E-state index is 0.262. The summed E-state index contributed by atoms with van der Waals surface area (Å²) in [5.74, 6) is 1.86. The van der Waals surface area contributed by atoms with Gasteiger partial charge in [0.1, 0.15) is 5.75 Å². The molecule has 4 nitrogen and oxygen atoms in total. The molecule has 0 saturated carbocycles. The van der Waals surface area contributed by atoms with E-state index in [0.717, 1.165) is 35.5 Å². The molecule has 0 bridgehead atoms. The minimum atomic E-state index is -3.50. The third kappa shape index (κ3) is 3.88. The van der Waals surface area contributed by atoms with Gasteiger partial charge in [0.25, 0.3) is 0 Å². The SMILES string of the molecule is COc1ccc(CNS(=O)(=O)c2ccc3c(c2)CCCS3)cc1. The van der Waals surface area contributed by atoms with Crippen LogP contribution in [0.3, 0.4) is 0 Å². The smallest absolute Gasteiger partial charge is 0.240 e. The van der Waals surface area contributed by atoms with Crippen LogP contribution < -0.4 is 9.46 Å². The maximum absolute atomic E-state index is 12.5. The summed E-state index contributed by atoms with van der Waals surface area (Å²) in [7, 11) is -1.89. The molecule has 0 fully saturated rings. The van der Waals surface area contributed by atoms with Crippen molar-refractivity contribution in [2.75, 3.05) is 12.9 Å². The van der Waals surface area contributed by atoms with Gasteiger partial charge in [-0.3, -0.25) is 0 Å². The molecule has 0 aromatic heterocycles. The average molecular weight is 349 g/mol. The van der Waals surface area contributed by atoms with Gasteiger partial charge in [-0.2, -0.15) is 0 Å². The Morgan fingerprint density at radius 2 is 1.96 bits per heavy atom. The Morgan fingerprint density at radius 1 is 1.17 bits per heavy atom. The summed E-state index contributed by atoms with van der Waals surface area (Å²) >= 11 is 1.79. The van der Waals surface area contributed by atoms with Crippen LogP contribution in [0.25, 0.3) is 0 Å². The van der Waals surface area contributed by atoms with Gasteiger partial charge in [-0.1, -0.05) is 12.1 Å². The first kappa shape index (κ1) is 16.4. The monoisotopic (exact) mass is 349 g/mol. The molecule has 0 spiro atoms. The van der Waals surface area contributed by atoms with Gasteiger partial charge in [0.2, 0.25) is 10.0 Å². The van der Waals surface area contributed by atoms with E-state index in [-0.39, 0.29) is 6.54 Å². The van der Waals surface area contributed by atoms with Crippen molar-refractivity contribution in [1.82, 2.24) is 4.72 Å². The standard InChI is InChI=1S/C17H19NO3S2/c1-21-15-6-4-13(5-7-15)12-18-23(19,20)16-8-9-17-14(11-16)3-2-10-22-17/h4-9,11,18H,2-3,10,12H2,1H3. The lowest BCUT2D eigenvalue weighted by Crippen LogP contribution is -2.23. The second-order valence-electron chi connectivity index (χ2n) is 5.39. The van der Waals surface area contributed by atoms with Gasteiger partial charge in [-0.25, -0.2) is 13.1 Å². The zero-order valence-corrected chi connectivity index (χ0v) is 14.5. The quantitative estimate of drug-likeness (QED) is 0.900. The van der Waals surface area contributed by atoms with Crippen molar-refractivity contribution in [3.05, 3.63) is 53.6 Å². The van der Waals surface area contributed by atoms with E-state index in [1.165, 1.54) is 4.90 Å². The number of hydrogen-bond acceptors (Lipinski definition) is 4. The molecule has 1 aliphatic rings. The lowest BCUT2D eigenvalue weighted by molar-refractivity contribution is 0.414. The lowest BCUT2D eigenvalue weighted by Gasteiger charge is -2.16. The number of ether oxygens (including phenoxy) is 1. The Labute approximate surface area is 141 Å². The average Bonchev–Trinajstić information content (AvgIpc) is 2.60. The van der Waals surface area contributed by atoms with Gasteiger partial charge < -0.3 is 4.74 Å². The number of benzene rings is 2. The van der Waals surface area contributed by atoms with Crippen LogP contribution in [0.15, 0.2) is 52.3 Å². The highest BCUT2D eigenvalue weighted by molar-refractivity contribution is 7.99. The second-order valence-corrected chi connectivity index (χ2v) is 8.30. The van der Waals surface area contributed by atoms with Crippen molar-refractivity contribution in [3.8, 4) is 5.75 Å². The first-order chi connectivity index (χ1) is 11.1. The molecule has 23 heavy (non-hydrogen) atoms. The molecule has 0 unspecified atom stereocenters. The molecule has 0 radical (unpaired) electrons. The molecule has 0 atom stereocenters. The normalized spacial score (nSPS) is 14.3. The molecule has 122 valence electrons. The van der Waals surface area contributed by atoms with E-state index < -0.39 is 10.0 Å². The van der Waals surface area contributed by atoms with E-state index >= 15 is 0 Å². The largest absolute Gasteiger partial charge is 0.497 e. The van der Waals surface area contributed by atoms with Crippen molar-refractivity contribution in [2.24, 2.45) is 0 Å². The summed E-state index contributed by atoms with van der Waals surface area (Å²) in [5.41, 5.74) is 2.02. The maximum atomic E-state index is 12.5. The first-order valence-electron chi connectivity index (χ1n) is 7.47. The fourth-order valence-electron chi connectivity index (χ4n) is 2.51. The molecule has 0 amide bonds. The summed E-state index contributed by atoms with van der Waals surface area (Å²) in [6, 6.07) is 12.8. The van der Waals surface area contributed by atoms with E-state index in [2.05, 4.69) is 4.72 Å². The van der Waals surface area contributed by atoms with Crippen molar-refractivity contribution >= 4 is 21.8 Å². The molecular formula is C17H19NO3S2. The number of thioether (sulfide) groups is 1. The molecule has 1 aliphatic heterocycles. The maximum Gasteiger partial charge on any atom is 0.240 e. The fraction of sp³-hybridized carbons (Fsp3) is 0.294. The van der Waals surface area contributed by atoms with E-state index in [0.29, 0.717) is 4.90 Å². The third-order valence-electron chi connectivity index (χ3n) is 3.82. The Balaban J connectivity index is 1.73. The number of hydrogen-bond donors (Lipinski definition) is 1. The van der Waals surface area contributed by atoms with Crippen molar-refractivity contribution in [1.29, 1.82) is 0 Å². The predicted molar refractivity (Wildman–Crippen MR) is 92.5 cm³/mol. The van der Waals surface area contributed by atoms with E-state index in [1.54, 1.807) is 31.0 Å². The van der Waals surface area contributed by atoms with Gasteiger partial charge in [0.05, 0.1) is 12.0 Å². The second kappa shape index (κ2) is 6.95. The summed E-state index contributed by atoms with van der Waals surface area (Å²) in [6.07, 6.45) is 2.05. The third-order valence-corrected chi connectivity index (χ3v) is 6.42. The van der Waals surface area contributed by atoms with Crippen LogP contribution in [0.4, 0.5) is 0 Å². The van der Waals surface area contributed by atoms with Crippen molar-refractivity contribution in [3.63, 3.8) is 0 Å². The molecular weight excluding hydrogens is 330 g/mol. The lowest BCUT2D eigenvalue weighted by atomic mass is 10.1. The Hall–Kier alpha value is -1.50. The van der Waals surface area contributed by atoms with Crippen LogP contribution in [0.2, 0.25) is 0 Å². The first-order valence-corrected chi connectivity index (χ1v) is 9.94. The molecule has 1 heterocycles. The summed E-state index contributed by atoms with van der Waals surface area (Å²) < 4.78 is 32.7. The van der Waals surface area contributed by atoms with Crippen LogP contribution in [-0.4, -0.2) is 21.3 Å². The molecule has 1 N–H and O–H groups in total. The van der Waals surface area contributed by atoms with Gasteiger partial charge in [-0.15, -0.1) is 11.8 Å². The van der Waals surface area contributed by atoms with Crippen molar-refractivity contribution in [2.45, 2.75) is 29.2 Å². The predicted octanol–water partition coefficient (Wildman–Crippen LogP) is 3.21. The number of sulfonamides is 1. The molecule has 0 saturated heterocycles. The van der Waals surface area contributed by atoms with Gasteiger partial charge in [-0.05, 0) is 60.1 Å². The van der Waals surface area contributed by atoms with E-state index in [1.807, 2.05) is 30.3 Å². The van der Waals surface area contributed by atoms with Crippen LogP contribution >= 0.6 is 11.8 Å². The fourth-order valence-corrected chi connectivity index (χ4v) is 4.60. The number of nitrogens with one attached hydrogen (secondary N) is 1. The number of aryl methyl sites for hydroxylation is 1. The molecule has 6 heteroatoms. The zero-order chi connectivity index (χ0) is 16.3. The van der Waals surface area contributed by atoms with Crippen LogP contribution in [0.1, 0.15) is 17.5 Å². The van der Waals surface area contributed by atoms with Crippen LogP contribution in [-0.2, 0) is 23.0 Å². The van der Waals surface area contributed by atoms with Gasteiger partial charge >= 0.3 is 0 Å². The number of methoxy groups -OCH3 is 1. The van der Waals surface area contributed by atoms with Crippen molar-refractivity contribution < 1.29 is 13.2 Å². The Bertz CT molecular complexity index is 786. The van der Waals surface area contributed by atoms with Crippen LogP contribution in [0, 0.1) is 0 Å². The molecule has 2 aromatic rings.